The summed E-state index contributed by atoms with van der Waals surface area (Å²) >= 11 is 0. The minimum atomic E-state index is -2.89. The van der Waals surface area contributed by atoms with Gasteiger partial charge >= 0.3 is 13.2 Å². The van der Waals surface area contributed by atoms with Crippen molar-refractivity contribution in [3.63, 3.8) is 0 Å². The normalized spacial score (nSPS) is 11.4. The molecule has 8 heteroatoms. The minimum absolute atomic E-state index is 0.0428. The summed E-state index contributed by atoms with van der Waals surface area (Å²) in [7, 11) is 0. The van der Waals surface area contributed by atoms with E-state index in [1.807, 2.05) is 0 Å². The van der Waals surface area contributed by atoms with E-state index in [1.54, 1.807) is 18.2 Å². The highest BCUT2D eigenvalue weighted by Crippen LogP contribution is 2.22. The monoisotopic (exact) mass is 340 g/mol. The van der Waals surface area contributed by atoms with Crippen molar-refractivity contribution in [3.05, 3.63) is 53.9 Å². The van der Waals surface area contributed by atoms with Crippen LogP contribution in [0.2, 0.25) is 0 Å². The average molecular weight is 340 g/mol. The van der Waals surface area contributed by atoms with Crippen molar-refractivity contribution in [1.29, 1.82) is 0 Å². The molecule has 0 spiro atoms. The third kappa shape index (κ3) is 3.95. The number of benzene rings is 2. The summed E-state index contributed by atoms with van der Waals surface area (Å²) in [6.07, 6.45) is 0.425. The van der Waals surface area contributed by atoms with Gasteiger partial charge in [0.1, 0.15) is 17.3 Å². The van der Waals surface area contributed by atoms with Gasteiger partial charge in [-0.15, -0.1) is 0 Å². The average Bonchev–Trinajstić information content (AvgIpc) is 2.89. The van der Waals surface area contributed by atoms with Gasteiger partial charge in [-0.2, -0.15) is 17.6 Å². The SMILES string of the molecule is FC(F)Oc1ccc(Cc2nc3ccc(OC(F)F)cc3[nH]2)cc1. The van der Waals surface area contributed by atoms with Gasteiger partial charge in [-0.3, -0.25) is 0 Å². The Kier molecular flexibility index (Phi) is 4.54. The van der Waals surface area contributed by atoms with Gasteiger partial charge in [0.2, 0.25) is 0 Å². The molecular weight excluding hydrogens is 328 g/mol. The molecule has 0 bridgehead atoms. The maximum Gasteiger partial charge on any atom is 0.387 e. The highest BCUT2D eigenvalue weighted by molar-refractivity contribution is 5.76. The fraction of sp³-hybridized carbons (Fsp3) is 0.188. The van der Waals surface area contributed by atoms with E-state index in [0.717, 1.165) is 5.56 Å². The molecule has 24 heavy (non-hydrogen) atoms. The van der Waals surface area contributed by atoms with Crippen molar-refractivity contribution in [2.75, 3.05) is 0 Å². The van der Waals surface area contributed by atoms with Gasteiger partial charge in [0, 0.05) is 12.5 Å². The Morgan fingerprint density at radius 1 is 0.875 bits per heavy atom. The summed E-state index contributed by atoms with van der Waals surface area (Å²) in [6.45, 7) is -5.75. The molecule has 3 aromatic rings. The summed E-state index contributed by atoms with van der Waals surface area (Å²) in [5, 5.41) is 0. The Hall–Kier alpha value is -2.77. The number of aromatic amines is 1. The van der Waals surface area contributed by atoms with Crippen LogP contribution >= 0.6 is 0 Å². The van der Waals surface area contributed by atoms with Crippen molar-refractivity contribution in [1.82, 2.24) is 9.97 Å². The molecule has 0 aliphatic rings. The van der Waals surface area contributed by atoms with Crippen LogP contribution in [0.1, 0.15) is 11.4 Å². The molecule has 1 aromatic heterocycles. The number of nitrogens with one attached hydrogen (secondary N) is 1. The molecule has 0 atom stereocenters. The van der Waals surface area contributed by atoms with Gasteiger partial charge < -0.3 is 14.5 Å². The second kappa shape index (κ2) is 6.77. The van der Waals surface area contributed by atoms with Crippen LogP contribution in [-0.2, 0) is 6.42 Å². The smallest absolute Gasteiger partial charge is 0.387 e. The number of H-pyrrole nitrogens is 1. The third-order valence-electron chi connectivity index (χ3n) is 3.25. The molecule has 0 saturated carbocycles. The fourth-order valence-electron chi connectivity index (χ4n) is 2.28. The Morgan fingerprint density at radius 3 is 2.17 bits per heavy atom. The molecule has 0 saturated heterocycles. The molecule has 0 aliphatic heterocycles. The van der Waals surface area contributed by atoms with Gasteiger partial charge in [-0.25, -0.2) is 4.98 Å². The number of ether oxygens (including phenoxy) is 2. The van der Waals surface area contributed by atoms with Crippen LogP contribution in [0.15, 0.2) is 42.5 Å². The number of nitrogens with zero attached hydrogens (tertiary/aromatic N) is 1. The van der Waals surface area contributed by atoms with E-state index in [4.69, 9.17) is 0 Å². The fourth-order valence-corrected chi connectivity index (χ4v) is 2.28. The number of imidazole rings is 1. The first kappa shape index (κ1) is 16.1. The van der Waals surface area contributed by atoms with E-state index in [1.165, 1.54) is 24.3 Å². The van der Waals surface area contributed by atoms with E-state index in [-0.39, 0.29) is 11.5 Å². The van der Waals surface area contributed by atoms with Crippen LogP contribution in [0.25, 0.3) is 11.0 Å². The summed E-state index contributed by atoms with van der Waals surface area (Å²) in [5.74, 6) is 0.732. The summed E-state index contributed by atoms with van der Waals surface area (Å²) in [5.41, 5.74) is 2.02. The molecule has 1 N–H and O–H groups in total. The first-order valence-corrected chi connectivity index (χ1v) is 6.97. The standard InChI is InChI=1S/C16H12F4N2O2/c17-15(18)23-10-3-1-9(2-4-10)7-14-21-12-6-5-11(24-16(19)20)8-13(12)22-14/h1-6,8,15-16H,7H2,(H,21,22). The lowest BCUT2D eigenvalue weighted by Gasteiger charge is -2.04. The van der Waals surface area contributed by atoms with E-state index in [0.29, 0.717) is 23.3 Å². The van der Waals surface area contributed by atoms with E-state index >= 15 is 0 Å². The second-order valence-corrected chi connectivity index (χ2v) is 4.94. The minimum Gasteiger partial charge on any atom is -0.435 e. The molecular formula is C16H12F4N2O2. The van der Waals surface area contributed by atoms with E-state index < -0.39 is 13.2 Å². The molecule has 0 aliphatic carbocycles. The van der Waals surface area contributed by atoms with Gasteiger partial charge in [-0.05, 0) is 29.8 Å². The lowest BCUT2D eigenvalue weighted by molar-refractivity contribution is -0.0505. The van der Waals surface area contributed by atoms with Crippen LogP contribution < -0.4 is 9.47 Å². The van der Waals surface area contributed by atoms with Crippen LogP contribution in [-0.4, -0.2) is 23.2 Å². The van der Waals surface area contributed by atoms with Crippen molar-refractivity contribution in [3.8, 4) is 11.5 Å². The predicted molar refractivity (Wildman–Crippen MR) is 78.6 cm³/mol. The quantitative estimate of drug-likeness (QED) is 0.679. The van der Waals surface area contributed by atoms with Crippen LogP contribution in [0.5, 0.6) is 11.5 Å². The second-order valence-electron chi connectivity index (χ2n) is 4.94. The first-order valence-electron chi connectivity index (χ1n) is 6.97. The number of rotatable bonds is 6. The lowest BCUT2D eigenvalue weighted by Crippen LogP contribution is -2.01. The molecule has 4 nitrogen and oxygen atoms in total. The highest BCUT2D eigenvalue weighted by Gasteiger charge is 2.09. The largest absolute Gasteiger partial charge is 0.435 e. The molecule has 0 fully saturated rings. The van der Waals surface area contributed by atoms with Crippen molar-refractivity contribution >= 4 is 11.0 Å². The third-order valence-corrected chi connectivity index (χ3v) is 3.25. The first-order chi connectivity index (χ1) is 11.5. The molecule has 3 rings (SSSR count). The zero-order valence-corrected chi connectivity index (χ0v) is 12.2. The lowest BCUT2D eigenvalue weighted by atomic mass is 10.1. The molecule has 1 heterocycles. The number of alkyl halides is 4. The van der Waals surface area contributed by atoms with E-state index in [9.17, 15) is 17.6 Å². The molecule has 2 aromatic carbocycles. The Balaban J connectivity index is 1.75. The van der Waals surface area contributed by atoms with E-state index in [2.05, 4.69) is 19.4 Å². The number of aromatic nitrogens is 2. The number of hydrogen-bond donors (Lipinski definition) is 1. The topological polar surface area (TPSA) is 47.1 Å². The van der Waals surface area contributed by atoms with Gasteiger partial charge in [0.05, 0.1) is 11.0 Å². The van der Waals surface area contributed by atoms with Gasteiger partial charge in [-0.1, -0.05) is 12.1 Å². The Bertz CT molecular complexity index is 819. The molecule has 0 radical (unpaired) electrons. The van der Waals surface area contributed by atoms with Crippen LogP contribution in [0.3, 0.4) is 0 Å². The predicted octanol–water partition coefficient (Wildman–Crippen LogP) is 4.36. The Labute approximate surface area is 134 Å². The summed E-state index contributed by atoms with van der Waals surface area (Å²) in [6, 6.07) is 10.6. The van der Waals surface area contributed by atoms with Crippen molar-refractivity contribution < 1.29 is 27.0 Å². The van der Waals surface area contributed by atoms with Crippen molar-refractivity contribution in [2.45, 2.75) is 19.6 Å². The van der Waals surface area contributed by atoms with Gasteiger partial charge in [0.15, 0.2) is 0 Å². The van der Waals surface area contributed by atoms with Crippen molar-refractivity contribution in [2.24, 2.45) is 0 Å². The molecule has 0 amide bonds. The van der Waals surface area contributed by atoms with Crippen LogP contribution in [0, 0.1) is 0 Å². The maximum atomic E-state index is 12.2. The highest BCUT2D eigenvalue weighted by atomic mass is 19.3. The number of fused-ring (bicyclic) bond motifs is 1. The molecule has 0 unspecified atom stereocenters. The summed E-state index contributed by atoms with van der Waals surface area (Å²) < 4.78 is 57.3. The maximum absolute atomic E-state index is 12.2. The van der Waals surface area contributed by atoms with Gasteiger partial charge in [0.25, 0.3) is 0 Å². The zero-order chi connectivity index (χ0) is 17.1. The summed E-state index contributed by atoms with van der Waals surface area (Å²) in [4.78, 5) is 7.37. The number of halogens is 4. The molecule has 126 valence electrons. The Morgan fingerprint density at radius 2 is 1.50 bits per heavy atom. The number of hydrogen-bond acceptors (Lipinski definition) is 3. The zero-order valence-electron chi connectivity index (χ0n) is 12.2. The van der Waals surface area contributed by atoms with Crippen LogP contribution in [0.4, 0.5) is 17.6 Å².